The number of benzene rings is 2. The molecule has 0 saturated carbocycles. The van der Waals surface area contributed by atoms with Crippen LogP contribution in [0.5, 0.6) is 11.5 Å². The molecule has 284 valence electrons. The van der Waals surface area contributed by atoms with Crippen molar-refractivity contribution in [2.24, 2.45) is 0 Å². The van der Waals surface area contributed by atoms with Gasteiger partial charge < -0.3 is 27.7 Å². The highest BCUT2D eigenvalue weighted by molar-refractivity contribution is 7.52. The number of carbonyl (C=O) groups is 2. The molecule has 0 bridgehead atoms. The number of ether oxygens (including phenoxy) is 1. The van der Waals surface area contributed by atoms with E-state index < -0.39 is 49.0 Å². The van der Waals surface area contributed by atoms with Crippen molar-refractivity contribution >= 4 is 39.2 Å². The first-order chi connectivity index (χ1) is 25.2. The lowest BCUT2D eigenvalue weighted by Crippen LogP contribution is -2.12. The Kier molecular flexibility index (Phi) is 15.6. The summed E-state index contributed by atoms with van der Waals surface area (Å²) in [6.07, 6.45) is 1.41. The van der Waals surface area contributed by atoms with Gasteiger partial charge in [-0.25, -0.2) is 19.3 Å². The predicted molar refractivity (Wildman–Crippen MR) is 184 cm³/mol. The minimum absolute atomic E-state index is 0.0750. The molecule has 0 fully saturated rings. The number of hydrogen-bond acceptors (Lipinski definition) is 15. The highest BCUT2D eigenvalue weighted by Gasteiger charge is 2.27. The molecule has 4 rings (SSSR count). The van der Waals surface area contributed by atoms with Crippen molar-refractivity contribution in [3.63, 3.8) is 0 Å². The number of nitro groups is 2. The summed E-state index contributed by atoms with van der Waals surface area (Å²) in [5.74, 6) is -1.57. The minimum atomic E-state index is -3.74. The highest BCUT2D eigenvalue weighted by Crippen LogP contribution is 2.45. The van der Waals surface area contributed by atoms with Crippen molar-refractivity contribution in [2.45, 2.75) is 26.1 Å². The number of carbonyl (C=O) groups excluding carboxylic acids is 1. The molecule has 4 aromatic rings. The molecule has 2 aromatic carbocycles. The molecule has 2 unspecified atom stereocenters. The molecule has 22 heteroatoms. The molecular weight excluding hydrogens is 746 g/mol. The molecule has 0 spiro atoms. The van der Waals surface area contributed by atoms with Gasteiger partial charge in [-0.3, -0.25) is 38.9 Å². The Morgan fingerprint density at radius 3 is 1.51 bits per heavy atom. The van der Waals surface area contributed by atoms with Crippen molar-refractivity contribution in [3.05, 3.63) is 128 Å². The zero-order chi connectivity index (χ0) is 39.0. The number of rotatable bonds is 20. The standard InChI is InChI=1S/C17H19N2O8P.C14H15N2O8P/c1-3-10-24-17(20)11-13-4-6-14(7-5-13)27-28(23,18-2)25-12-15-8-9-16(26-15)19(21)22;1-15-25(21,22-9-12-6-7-13(23-12)16(19)20)24-11-4-2-10(3-5-11)8-14(17)18/h3-9H,1,10-12H2,2H3,(H,18,23);2-7H,8-9H2,1H3,(H,15,21)(H,17,18). The number of hydrogen-bond donors (Lipinski definition) is 3. The Hall–Kier alpha value is -5.62. The maximum absolute atomic E-state index is 12.6. The molecule has 53 heavy (non-hydrogen) atoms. The topological polar surface area (TPSA) is 271 Å². The van der Waals surface area contributed by atoms with E-state index in [1.165, 1.54) is 74.8 Å². The minimum Gasteiger partial charge on any atom is -0.481 e. The van der Waals surface area contributed by atoms with Gasteiger partial charge in [0.1, 0.15) is 52.7 Å². The first-order valence-electron chi connectivity index (χ1n) is 15.0. The fourth-order valence-corrected chi connectivity index (χ4v) is 5.75. The fourth-order valence-electron chi connectivity index (χ4n) is 3.81. The van der Waals surface area contributed by atoms with E-state index in [4.69, 9.17) is 36.8 Å². The van der Waals surface area contributed by atoms with Crippen LogP contribution >= 0.6 is 15.5 Å². The summed E-state index contributed by atoms with van der Waals surface area (Å²) in [5, 5.41) is 34.7. The molecule has 2 atom stereocenters. The predicted octanol–water partition coefficient (Wildman–Crippen LogP) is 6.12. The smallest absolute Gasteiger partial charge is 0.458 e. The zero-order valence-electron chi connectivity index (χ0n) is 28.1. The van der Waals surface area contributed by atoms with Crippen LogP contribution in [0.15, 0.2) is 94.3 Å². The molecule has 0 radical (unpaired) electrons. The first kappa shape index (κ1) is 41.8. The third kappa shape index (κ3) is 14.1. The lowest BCUT2D eigenvalue weighted by Gasteiger charge is -2.17. The van der Waals surface area contributed by atoms with E-state index in [9.17, 15) is 38.9 Å². The lowest BCUT2D eigenvalue weighted by molar-refractivity contribution is -0.402. The van der Waals surface area contributed by atoms with Crippen LogP contribution in [0.2, 0.25) is 0 Å². The summed E-state index contributed by atoms with van der Waals surface area (Å²) in [6, 6.07) is 17.3. The Labute approximate surface area is 301 Å². The second-order valence-corrected chi connectivity index (χ2v) is 13.9. The Balaban J connectivity index is 0.000000287. The highest BCUT2D eigenvalue weighted by atomic mass is 31.2. The van der Waals surface area contributed by atoms with Crippen LogP contribution in [0.3, 0.4) is 0 Å². The second kappa shape index (κ2) is 19.8. The maximum Gasteiger partial charge on any atom is 0.458 e. The van der Waals surface area contributed by atoms with Crippen molar-refractivity contribution in [1.29, 1.82) is 0 Å². The zero-order valence-corrected chi connectivity index (χ0v) is 29.9. The number of esters is 1. The van der Waals surface area contributed by atoms with E-state index >= 15 is 0 Å². The van der Waals surface area contributed by atoms with Crippen LogP contribution in [-0.4, -0.2) is 47.6 Å². The van der Waals surface area contributed by atoms with Crippen LogP contribution in [-0.2, 0) is 58.6 Å². The summed E-state index contributed by atoms with van der Waals surface area (Å²) >= 11 is 0. The monoisotopic (exact) mass is 780 g/mol. The molecule has 0 saturated heterocycles. The lowest BCUT2D eigenvalue weighted by atomic mass is 10.1. The molecule has 0 aliphatic heterocycles. The van der Waals surface area contributed by atoms with Gasteiger partial charge in [-0.15, -0.1) is 0 Å². The number of furan rings is 2. The van der Waals surface area contributed by atoms with Crippen LogP contribution in [0.25, 0.3) is 0 Å². The van der Waals surface area contributed by atoms with Crippen molar-refractivity contribution in [3.8, 4) is 11.5 Å². The molecule has 0 amide bonds. The molecule has 0 aliphatic carbocycles. The normalized spacial score (nSPS) is 12.9. The number of nitrogens with one attached hydrogen (secondary N) is 2. The van der Waals surface area contributed by atoms with Gasteiger partial charge in [0, 0.05) is 0 Å². The summed E-state index contributed by atoms with van der Waals surface area (Å²) in [5.41, 5.74) is 1.24. The van der Waals surface area contributed by atoms with Crippen LogP contribution in [0, 0.1) is 20.2 Å². The summed E-state index contributed by atoms with van der Waals surface area (Å²) in [4.78, 5) is 42.0. The Morgan fingerprint density at radius 2 is 1.17 bits per heavy atom. The molecule has 0 aliphatic rings. The van der Waals surface area contributed by atoms with E-state index in [0.717, 1.165) is 6.07 Å². The largest absolute Gasteiger partial charge is 0.481 e. The number of aliphatic carboxylic acids is 1. The van der Waals surface area contributed by atoms with E-state index in [1.54, 1.807) is 12.1 Å². The van der Waals surface area contributed by atoms with Gasteiger partial charge in [0.25, 0.3) is 0 Å². The molecule has 2 aromatic heterocycles. The van der Waals surface area contributed by atoms with E-state index in [2.05, 4.69) is 16.8 Å². The van der Waals surface area contributed by atoms with Crippen molar-refractivity contribution < 1.29 is 65.3 Å². The third-order valence-electron chi connectivity index (χ3n) is 6.32. The molecule has 2 heterocycles. The Morgan fingerprint density at radius 1 is 0.755 bits per heavy atom. The number of carboxylic acids is 1. The SMILES string of the molecule is C=CCOC(=O)Cc1ccc(OP(=O)(NC)OCc2ccc([N+](=O)[O-])o2)cc1.CNP(=O)(OCc1ccc([N+](=O)[O-])o1)Oc1ccc(CC(=O)O)cc1. The van der Waals surface area contributed by atoms with Crippen molar-refractivity contribution in [1.82, 2.24) is 10.2 Å². The summed E-state index contributed by atoms with van der Waals surface area (Å²) in [7, 11) is -4.73. The Bertz CT molecular complexity index is 1960. The van der Waals surface area contributed by atoms with Crippen LogP contribution in [0.4, 0.5) is 11.8 Å². The molecule has 3 N–H and O–H groups in total. The van der Waals surface area contributed by atoms with E-state index in [-0.39, 0.29) is 55.7 Å². The van der Waals surface area contributed by atoms with Gasteiger partial charge in [-0.1, -0.05) is 36.9 Å². The van der Waals surface area contributed by atoms with E-state index in [1.807, 2.05) is 0 Å². The van der Waals surface area contributed by atoms with Gasteiger partial charge in [0.05, 0.1) is 25.0 Å². The van der Waals surface area contributed by atoms with Gasteiger partial charge in [0.15, 0.2) is 0 Å². The first-order valence-corrected chi connectivity index (χ1v) is 18.1. The second-order valence-electron chi connectivity index (χ2n) is 10.2. The van der Waals surface area contributed by atoms with Gasteiger partial charge in [0.2, 0.25) is 0 Å². The fraction of sp³-hybridized carbons (Fsp3) is 0.226. The summed E-state index contributed by atoms with van der Waals surface area (Å²) in [6.45, 7) is 3.01. The van der Waals surface area contributed by atoms with E-state index in [0.29, 0.717) is 11.1 Å². The summed E-state index contributed by atoms with van der Waals surface area (Å²) < 4.78 is 60.9. The maximum atomic E-state index is 12.6. The molecule has 20 nitrogen and oxygen atoms in total. The van der Waals surface area contributed by atoms with Gasteiger partial charge in [-0.2, -0.15) is 0 Å². The number of carboxylic acid groups (broad SMARTS) is 1. The van der Waals surface area contributed by atoms with Crippen LogP contribution < -0.4 is 19.2 Å². The average Bonchev–Trinajstić information content (AvgIpc) is 3.82. The average molecular weight is 781 g/mol. The van der Waals surface area contributed by atoms with Gasteiger partial charge in [-0.05, 0) is 61.6 Å². The number of nitrogens with zero attached hydrogens (tertiary/aromatic N) is 2. The quantitative estimate of drug-likeness (QED) is 0.0299. The van der Waals surface area contributed by atoms with Gasteiger partial charge >= 0.3 is 39.2 Å². The third-order valence-corrected chi connectivity index (χ3v) is 9.26. The van der Waals surface area contributed by atoms with Crippen LogP contribution in [0.1, 0.15) is 22.6 Å². The van der Waals surface area contributed by atoms with Crippen molar-refractivity contribution in [2.75, 3.05) is 20.7 Å². The molecular formula is C31H34N4O16P2.